The van der Waals surface area contributed by atoms with Crippen LogP contribution in [0.25, 0.3) is 0 Å². The Morgan fingerprint density at radius 2 is 2.23 bits per heavy atom. The summed E-state index contributed by atoms with van der Waals surface area (Å²) in [7, 11) is -2.63. The van der Waals surface area contributed by atoms with Crippen molar-refractivity contribution in [2.24, 2.45) is 0 Å². The topological polar surface area (TPSA) is 84.5 Å². The van der Waals surface area contributed by atoms with Crippen LogP contribution in [0.1, 0.15) is 23.2 Å². The van der Waals surface area contributed by atoms with E-state index in [1.165, 1.54) is 25.3 Å². The van der Waals surface area contributed by atoms with E-state index >= 15 is 0 Å². The number of hydrogen-bond donors (Lipinski definition) is 2. The van der Waals surface area contributed by atoms with Crippen molar-refractivity contribution < 1.29 is 17.9 Å². The molecule has 2 rings (SSSR count). The summed E-state index contributed by atoms with van der Waals surface area (Å²) in [6, 6.07) is 4.15. The number of hydrogen-bond acceptors (Lipinski definition) is 5. The summed E-state index contributed by atoms with van der Waals surface area (Å²) in [6.07, 6.45) is 1.94. The largest absolute Gasteiger partial charge is 0.465 e. The van der Waals surface area contributed by atoms with E-state index < -0.39 is 16.0 Å². The molecule has 0 spiro atoms. The number of rotatable bonds is 5. The van der Waals surface area contributed by atoms with Gasteiger partial charge in [0, 0.05) is 17.6 Å². The molecule has 1 heterocycles. The molecule has 0 radical (unpaired) electrons. The first kappa shape index (κ1) is 19.2. The van der Waals surface area contributed by atoms with Gasteiger partial charge in [0.25, 0.3) is 0 Å². The molecule has 2 N–H and O–H groups in total. The van der Waals surface area contributed by atoms with Crippen LogP contribution in [0, 0.1) is 0 Å². The smallest absolute Gasteiger partial charge is 0.339 e. The van der Waals surface area contributed by atoms with Gasteiger partial charge < -0.3 is 10.1 Å². The zero-order valence-corrected chi connectivity index (χ0v) is 14.4. The summed E-state index contributed by atoms with van der Waals surface area (Å²) in [5.74, 6) is -0.717. The summed E-state index contributed by atoms with van der Waals surface area (Å²) < 4.78 is 31.9. The van der Waals surface area contributed by atoms with E-state index in [1.54, 1.807) is 0 Å². The number of esters is 1. The zero-order chi connectivity index (χ0) is 15.5. The predicted molar refractivity (Wildman–Crippen MR) is 86.3 cm³/mol. The van der Waals surface area contributed by atoms with E-state index in [-0.39, 0.29) is 40.5 Å². The second-order valence-electron chi connectivity index (χ2n) is 4.78. The number of ether oxygens (including phenoxy) is 1. The number of carbonyl (C=O) groups is 1. The van der Waals surface area contributed by atoms with Crippen molar-refractivity contribution in [3.05, 3.63) is 28.8 Å². The second kappa shape index (κ2) is 8.12. The van der Waals surface area contributed by atoms with E-state index in [0.29, 0.717) is 0 Å². The first-order valence-electron chi connectivity index (χ1n) is 6.55. The highest BCUT2D eigenvalue weighted by Gasteiger charge is 2.25. The van der Waals surface area contributed by atoms with Gasteiger partial charge in [-0.25, -0.2) is 17.9 Å². The van der Waals surface area contributed by atoms with Crippen molar-refractivity contribution in [3.8, 4) is 0 Å². The van der Waals surface area contributed by atoms with Crippen LogP contribution >= 0.6 is 24.0 Å². The fourth-order valence-corrected chi connectivity index (χ4v) is 3.75. The predicted octanol–water partition coefficient (Wildman–Crippen LogP) is 1.58. The first-order valence-corrected chi connectivity index (χ1v) is 8.41. The maximum Gasteiger partial charge on any atom is 0.339 e. The monoisotopic (exact) mass is 368 g/mol. The minimum atomic E-state index is -3.83. The third kappa shape index (κ3) is 4.57. The molecule has 9 heteroatoms. The number of nitrogens with one attached hydrogen (secondary N) is 2. The molecule has 1 unspecified atom stereocenters. The van der Waals surface area contributed by atoms with Crippen LogP contribution in [0.4, 0.5) is 0 Å². The van der Waals surface area contributed by atoms with Crippen molar-refractivity contribution in [1.82, 2.24) is 10.0 Å². The molecule has 0 bridgehead atoms. The SMILES string of the molecule is COC(=O)c1ccc(Cl)cc1S(=O)(=O)NCC1CCCN1.Cl. The number of benzene rings is 1. The van der Waals surface area contributed by atoms with Gasteiger partial charge in [-0.1, -0.05) is 11.6 Å². The first-order chi connectivity index (χ1) is 9.94. The Hall–Kier alpha value is -0.860. The van der Waals surface area contributed by atoms with Crippen LogP contribution < -0.4 is 10.0 Å². The second-order valence-corrected chi connectivity index (χ2v) is 6.95. The lowest BCUT2D eigenvalue weighted by Gasteiger charge is -2.14. The molecule has 1 atom stereocenters. The lowest BCUT2D eigenvalue weighted by atomic mass is 10.2. The van der Waals surface area contributed by atoms with Gasteiger partial charge in [-0.05, 0) is 37.6 Å². The van der Waals surface area contributed by atoms with Gasteiger partial charge in [-0.15, -0.1) is 12.4 Å². The molecule has 1 saturated heterocycles. The number of halogens is 2. The molecule has 1 aliphatic heterocycles. The maximum atomic E-state index is 12.4. The highest BCUT2D eigenvalue weighted by Crippen LogP contribution is 2.21. The van der Waals surface area contributed by atoms with Gasteiger partial charge >= 0.3 is 5.97 Å². The molecule has 1 aromatic carbocycles. The summed E-state index contributed by atoms with van der Waals surface area (Å²) in [5, 5.41) is 3.43. The van der Waals surface area contributed by atoms with Gasteiger partial charge in [0.15, 0.2) is 0 Å². The molecule has 0 aliphatic carbocycles. The van der Waals surface area contributed by atoms with Crippen molar-refractivity contribution >= 4 is 40.0 Å². The standard InChI is InChI=1S/C13H17ClN2O4S.ClH/c1-20-13(17)11-5-4-9(14)7-12(11)21(18,19)16-8-10-3-2-6-15-10;/h4-5,7,10,15-16H,2-3,6,8H2,1H3;1H. The average Bonchev–Trinajstić information content (AvgIpc) is 2.98. The average molecular weight is 369 g/mol. The Balaban J connectivity index is 0.00000242. The van der Waals surface area contributed by atoms with E-state index in [9.17, 15) is 13.2 Å². The van der Waals surface area contributed by atoms with Crippen LogP contribution in [0.3, 0.4) is 0 Å². The Morgan fingerprint density at radius 3 is 2.82 bits per heavy atom. The molecule has 0 aromatic heterocycles. The highest BCUT2D eigenvalue weighted by molar-refractivity contribution is 7.89. The van der Waals surface area contributed by atoms with E-state index in [1.807, 2.05) is 0 Å². The van der Waals surface area contributed by atoms with E-state index in [0.717, 1.165) is 19.4 Å². The van der Waals surface area contributed by atoms with Crippen LogP contribution in [-0.4, -0.2) is 40.6 Å². The number of carbonyl (C=O) groups excluding carboxylic acids is 1. The third-order valence-electron chi connectivity index (χ3n) is 3.32. The quantitative estimate of drug-likeness (QED) is 0.770. The molecule has 1 aliphatic rings. The van der Waals surface area contributed by atoms with Gasteiger partial charge in [-0.3, -0.25) is 0 Å². The Kier molecular flexibility index (Phi) is 7.08. The molecule has 124 valence electrons. The minimum absolute atomic E-state index is 0. The van der Waals surface area contributed by atoms with Crippen LogP contribution in [0.5, 0.6) is 0 Å². The van der Waals surface area contributed by atoms with E-state index in [2.05, 4.69) is 14.8 Å². The van der Waals surface area contributed by atoms with Crippen LogP contribution in [0.15, 0.2) is 23.1 Å². The van der Waals surface area contributed by atoms with Crippen LogP contribution in [0.2, 0.25) is 5.02 Å². The summed E-state index contributed by atoms with van der Waals surface area (Å²) in [4.78, 5) is 11.5. The molecule has 0 saturated carbocycles. The minimum Gasteiger partial charge on any atom is -0.465 e. The van der Waals surface area contributed by atoms with Gasteiger partial charge in [0.05, 0.1) is 17.6 Å². The normalized spacial score (nSPS) is 17.8. The number of methoxy groups -OCH3 is 1. The lowest BCUT2D eigenvalue weighted by molar-refractivity contribution is 0.0596. The summed E-state index contributed by atoms with van der Waals surface area (Å²) in [5.41, 5.74) is -0.0335. The molecule has 6 nitrogen and oxygen atoms in total. The Labute approximate surface area is 141 Å². The molecular formula is C13H18Cl2N2O4S. The van der Waals surface area contributed by atoms with Gasteiger partial charge in [0.1, 0.15) is 0 Å². The van der Waals surface area contributed by atoms with Crippen molar-refractivity contribution in [3.63, 3.8) is 0 Å². The van der Waals surface area contributed by atoms with Crippen molar-refractivity contribution in [2.75, 3.05) is 20.2 Å². The third-order valence-corrected chi connectivity index (χ3v) is 5.02. The lowest BCUT2D eigenvalue weighted by Crippen LogP contribution is -2.37. The highest BCUT2D eigenvalue weighted by atomic mass is 35.5. The fraction of sp³-hybridized carbons (Fsp3) is 0.462. The molecule has 1 aromatic rings. The molecule has 0 amide bonds. The molecular weight excluding hydrogens is 351 g/mol. The zero-order valence-electron chi connectivity index (χ0n) is 12.0. The summed E-state index contributed by atoms with van der Waals surface area (Å²) in [6.45, 7) is 1.16. The Bertz CT molecular complexity index is 631. The Morgan fingerprint density at radius 1 is 1.50 bits per heavy atom. The number of sulfonamides is 1. The van der Waals surface area contributed by atoms with Crippen molar-refractivity contribution in [1.29, 1.82) is 0 Å². The fourth-order valence-electron chi connectivity index (χ4n) is 2.22. The summed E-state index contributed by atoms with van der Waals surface area (Å²) >= 11 is 5.84. The molecule has 1 fully saturated rings. The maximum absolute atomic E-state index is 12.4. The van der Waals surface area contributed by atoms with Gasteiger partial charge in [0.2, 0.25) is 10.0 Å². The van der Waals surface area contributed by atoms with Gasteiger partial charge in [-0.2, -0.15) is 0 Å². The van der Waals surface area contributed by atoms with E-state index in [4.69, 9.17) is 11.6 Å². The van der Waals surface area contributed by atoms with Crippen molar-refractivity contribution in [2.45, 2.75) is 23.8 Å². The van der Waals surface area contributed by atoms with Crippen LogP contribution in [-0.2, 0) is 14.8 Å². The molecule has 22 heavy (non-hydrogen) atoms.